The molecule has 0 atom stereocenters. The van der Waals surface area contributed by atoms with E-state index >= 15 is 0 Å². The summed E-state index contributed by atoms with van der Waals surface area (Å²) in [5.74, 6) is 0.762. The second-order valence-electron chi connectivity index (χ2n) is 5.67. The van der Waals surface area contributed by atoms with E-state index in [9.17, 15) is 4.79 Å². The minimum Gasteiger partial charge on any atom is -0.315 e. The van der Waals surface area contributed by atoms with E-state index in [1.807, 2.05) is 34.9 Å². The molecule has 0 unspecified atom stereocenters. The fraction of sp³-hybridized carbons (Fsp3) is 0.471. The summed E-state index contributed by atoms with van der Waals surface area (Å²) in [5, 5.41) is 4.54. The van der Waals surface area contributed by atoms with Crippen LogP contribution < -0.4 is 10.9 Å². The van der Waals surface area contributed by atoms with Gasteiger partial charge in [0, 0.05) is 19.2 Å². The molecule has 0 bridgehead atoms. The molecular formula is C17H24N2O. The average molecular weight is 272 g/mol. The lowest BCUT2D eigenvalue weighted by molar-refractivity contribution is 0.515. The predicted octanol–water partition coefficient (Wildman–Crippen LogP) is 3.03. The molecule has 108 valence electrons. The lowest BCUT2D eigenvalue weighted by atomic mass is 10.1. The predicted molar refractivity (Wildman–Crippen MR) is 85.1 cm³/mol. The van der Waals surface area contributed by atoms with Crippen molar-refractivity contribution in [2.45, 2.75) is 33.2 Å². The summed E-state index contributed by atoms with van der Waals surface area (Å²) >= 11 is 0. The van der Waals surface area contributed by atoms with Crippen LogP contribution in [0, 0.1) is 5.92 Å². The number of para-hydroxylation sites is 1. The van der Waals surface area contributed by atoms with E-state index in [4.69, 9.17) is 0 Å². The average Bonchev–Trinajstić information content (AvgIpc) is 2.44. The van der Waals surface area contributed by atoms with Crippen molar-refractivity contribution in [3.63, 3.8) is 0 Å². The molecule has 2 aromatic rings. The molecule has 0 aliphatic heterocycles. The van der Waals surface area contributed by atoms with Crippen molar-refractivity contribution in [1.82, 2.24) is 9.88 Å². The first kappa shape index (κ1) is 14.8. The van der Waals surface area contributed by atoms with Crippen molar-refractivity contribution >= 4 is 10.9 Å². The van der Waals surface area contributed by atoms with E-state index in [0.717, 1.165) is 36.5 Å². The number of hydrogen-bond donors (Lipinski definition) is 1. The number of benzene rings is 1. The van der Waals surface area contributed by atoms with E-state index in [-0.39, 0.29) is 5.56 Å². The Morgan fingerprint density at radius 3 is 2.70 bits per heavy atom. The molecule has 0 amide bonds. The number of nitrogens with zero attached hydrogens (tertiary/aromatic N) is 1. The molecule has 0 aliphatic carbocycles. The van der Waals surface area contributed by atoms with Gasteiger partial charge in [-0.25, -0.2) is 0 Å². The summed E-state index contributed by atoms with van der Waals surface area (Å²) in [4.78, 5) is 12.0. The highest BCUT2D eigenvalue weighted by Gasteiger charge is 2.01. The van der Waals surface area contributed by atoms with Gasteiger partial charge in [-0.3, -0.25) is 4.79 Å². The van der Waals surface area contributed by atoms with Gasteiger partial charge in [0.1, 0.15) is 0 Å². The minimum atomic E-state index is 0.0766. The van der Waals surface area contributed by atoms with Crippen molar-refractivity contribution in [1.29, 1.82) is 0 Å². The lowest BCUT2D eigenvalue weighted by Gasteiger charge is -2.11. The SMILES string of the molecule is CC(C)CCCNCCn1c(=O)ccc2ccccc21. The molecule has 0 saturated heterocycles. The molecule has 1 N–H and O–H groups in total. The Morgan fingerprint density at radius 2 is 1.90 bits per heavy atom. The first-order valence-electron chi connectivity index (χ1n) is 7.48. The third-order valence-electron chi connectivity index (χ3n) is 3.55. The highest BCUT2D eigenvalue weighted by Crippen LogP contribution is 2.10. The van der Waals surface area contributed by atoms with Gasteiger partial charge in [-0.1, -0.05) is 32.0 Å². The summed E-state index contributed by atoms with van der Waals surface area (Å²) in [6.45, 7) is 7.08. The molecule has 0 fully saturated rings. The number of nitrogens with one attached hydrogen (secondary N) is 1. The molecule has 0 saturated carbocycles. The molecule has 1 aromatic carbocycles. The van der Waals surface area contributed by atoms with Crippen LogP contribution in [0.2, 0.25) is 0 Å². The molecule has 20 heavy (non-hydrogen) atoms. The van der Waals surface area contributed by atoms with Crippen LogP contribution in [0.25, 0.3) is 10.9 Å². The Labute approximate surface area is 120 Å². The largest absolute Gasteiger partial charge is 0.315 e. The maximum Gasteiger partial charge on any atom is 0.251 e. The van der Waals surface area contributed by atoms with Gasteiger partial charge >= 0.3 is 0 Å². The quantitative estimate of drug-likeness (QED) is 0.786. The van der Waals surface area contributed by atoms with E-state index in [1.54, 1.807) is 6.07 Å². The van der Waals surface area contributed by atoms with Crippen molar-refractivity contribution in [3.8, 4) is 0 Å². The molecule has 0 radical (unpaired) electrons. The fourth-order valence-electron chi connectivity index (χ4n) is 2.43. The summed E-state index contributed by atoms with van der Waals surface area (Å²) < 4.78 is 1.85. The second-order valence-corrected chi connectivity index (χ2v) is 5.67. The van der Waals surface area contributed by atoms with Crippen LogP contribution in [0.4, 0.5) is 0 Å². The minimum absolute atomic E-state index is 0.0766. The van der Waals surface area contributed by atoms with E-state index in [2.05, 4.69) is 19.2 Å². The summed E-state index contributed by atoms with van der Waals surface area (Å²) in [7, 11) is 0. The highest BCUT2D eigenvalue weighted by atomic mass is 16.1. The summed E-state index contributed by atoms with van der Waals surface area (Å²) in [5.41, 5.74) is 1.09. The van der Waals surface area contributed by atoms with Gasteiger partial charge in [0.15, 0.2) is 0 Å². The van der Waals surface area contributed by atoms with Gasteiger partial charge in [-0.05, 0) is 42.8 Å². The Kier molecular flexibility index (Phi) is 5.36. The second kappa shape index (κ2) is 7.25. The maximum atomic E-state index is 12.0. The molecular weight excluding hydrogens is 248 g/mol. The highest BCUT2D eigenvalue weighted by molar-refractivity contribution is 5.78. The van der Waals surface area contributed by atoms with Gasteiger partial charge < -0.3 is 9.88 Å². The van der Waals surface area contributed by atoms with E-state index in [0.29, 0.717) is 0 Å². The van der Waals surface area contributed by atoms with Gasteiger partial charge in [-0.15, -0.1) is 0 Å². The summed E-state index contributed by atoms with van der Waals surface area (Å²) in [6, 6.07) is 11.6. The van der Waals surface area contributed by atoms with E-state index in [1.165, 1.54) is 12.8 Å². The number of pyridine rings is 1. The summed E-state index contributed by atoms with van der Waals surface area (Å²) in [6.07, 6.45) is 2.45. The zero-order valence-electron chi connectivity index (χ0n) is 12.4. The number of fused-ring (bicyclic) bond motifs is 1. The Hall–Kier alpha value is -1.61. The molecule has 0 spiro atoms. The van der Waals surface area contributed by atoms with Crippen LogP contribution in [-0.4, -0.2) is 17.7 Å². The van der Waals surface area contributed by atoms with Gasteiger partial charge in [-0.2, -0.15) is 0 Å². The van der Waals surface area contributed by atoms with Crippen molar-refractivity contribution < 1.29 is 0 Å². The number of rotatable bonds is 7. The van der Waals surface area contributed by atoms with Crippen LogP contribution in [-0.2, 0) is 6.54 Å². The Bertz CT molecular complexity index is 601. The van der Waals surface area contributed by atoms with Gasteiger partial charge in [0.2, 0.25) is 0 Å². The first-order chi connectivity index (χ1) is 9.68. The standard InChI is InChI=1S/C17H24N2O/c1-14(2)6-5-11-18-12-13-19-16-8-4-3-7-15(16)9-10-17(19)20/h3-4,7-10,14,18H,5-6,11-13H2,1-2H3. The Balaban J connectivity index is 1.93. The topological polar surface area (TPSA) is 34.0 Å². The molecule has 3 heteroatoms. The first-order valence-corrected chi connectivity index (χ1v) is 7.48. The lowest BCUT2D eigenvalue weighted by Crippen LogP contribution is -2.27. The van der Waals surface area contributed by atoms with Crippen LogP contribution in [0.5, 0.6) is 0 Å². The Morgan fingerprint density at radius 1 is 1.10 bits per heavy atom. The molecule has 1 heterocycles. The van der Waals surface area contributed by atoms with E-state index < -0.39 is 0 Å². The number of hydrogen-bond acceptors (Lipinski definition) is 2. The van der Waals surface area contributed by atoms with Crippen LogP contribution in [0.1, 0.15) is 26.7 Å². The molecule has 1 aromatic heterocycles. The monoisotopic (exact) mass is 272 g/mol. The zero-order valence-corrected chi connectivity index (χ0v) is 12.4. The van der Waals surface area contributed by atoms with Gasteiger partial charge in [0.05, 0.1) is 5.52 Å². The normalized spacial score (nSPS) is 11.3. The third-order valence-corrected chi connectivity index (χ3v) is 3.55. The molecule has 0 aliphatic rings. The van der Waals surface area contributed by atoms with Crippen LogP contribution in [0.15, 0.2) is 41.2 Å². The smallest absolute Gasteiger partial charge is 0.251 e. The van der Waals surface area contributed by atoms with Crippen molar-refractivity contribution in [3.05, 3.63) is 46.8 Å². The van der Waals surface area contributed by atoms with Crippen LogP contribution >= 0.6 is 0 Å². The van der Waals surface area contributed by atoms with Crippen molar-refractivity contribution in [2.24, 2.45) is 5.92 Å². The third kappa shape index (κ3) is 3.94. The zero-order chi connectivity index (χ0) is 14.4. The van der Waals surface area contributed by atoms with Crippen LogP contribution in [0.3, 0.4) is 0 Å². The fourth-order valence-corrected chi connectivity index (χ4v) is 2.43. The molecule has 2 rings (SSSR count). The molecule has 3 nitrogen and oxygen atoms in total. The number of aromatic nitrogens is 1. The maximum absolute atomic E-state index is 12.0. The van der Waals surface area contributed by atoms with Gasteiger partial charge in [0.25, 0.3) is 5.56 Å². The van der Waals surface area contributed by atoms with Crippen molar-refractivity contribution in [2.75, 3.05) is 13.1 Å².